The molecule has 1 saturated heterocycles. The van der Waals surface area contributed by atoms with E-state index in [4.69, 9.17) is 0 Å². The number of anilines is 1. The van der Waals surface area contributed by atoms with Gasteiger partial charge in [0.15, 0.2) is 0 Å². The molecule has 32 heavy (non-hydrogen) atoms. The Morgan fingerprint density at radius 1 is 0.938 bits per heavy atom. The van der Waals surface area contributed by atoms with Crippen LogP contribution in [-0.4, -0.2) is 29.3 Å². The Morgan fingerprint density at radius 2 is 1.56 bits per heavy atom. The zero-order valence-electron chi connectivity index (χ0n) is 17.6. The van der Waals surface area contributed by atoms with Crippen molar-refractivity contribution >= 4 is 35.3 Å². The highest BCUT2D eigenvalue weighted by atomic mass is 32.2. The molecule has 0 aromatic heterocycles. The van der Waals surface area contributed by atoms with Gasteiger partial charge in [0.2, 0.25) is 5.91 Å². The zero-order valence-corrected chi connectivity index (χ0v) is 18.4. The molecule has 2 N–H and O–H groups in total. The average Bonchev–Trinajstić information content (AvgIpc) is 3.03. The summed E-state index contributed by atoms with van der Waals surface area (Å²) in [4.78, 5) is 40.1. The topological polar surface area (TPSA) is 78.5 Å². The van der Waals surface area contributed by atoms with Gasteiger partial charge in [0.05, 0.1) is 5.69 Å². The lowest BCUT2D eigenvalue weighted by atomic mass is 9.92. The van der Waals surface area contributed by atoms with Crippen LogP contribution < -0.4 is 10.6 Å². The van der Waals surface area contributed by atoms with Crippen LogP contribution >= 0.6 is 11.8 Å². The normalized spacial score (nSPS) is 17.8. The summed E-state index contributed by atoms with van der Waals surface area (Å²) >= 11 is 1.61. The van der Waals surface area contributed by atoms with Crippen molar-refractivity contribution in [3.05, 3.63) is 96.1 Å². The average molecular weight is 446 g/mol. The maximum atomic E-state index is 13.0. The third-order valence-corrected chi connectivity index (χ3v) is 6.47. The molecule has 1 fully saturated rings. The Bertz CT molecular complexity index is 1140. The van der Waals surface area contributed by atoms with E-state index >= 15 is 0 Å². The third-order valence-electron chi connectivity index (χ3n) is 5.33. The van der Waals surface area contributed by atoms with Gasteiger partial charge in [-0.3, -0.25) is 14.5 Å². The second-order valence-corrected chi connectivity index (χ2v) is 8.65. The van der Waals surface area contributed by atoms with Gasteiger partial charge in [0, 0.05) is 10.6 Å². The van der Waals surface area contributed by atoms with Gasteiger partial charge in [-0.05, 0) is 30.2 Å². The minimum atomic E-state index is -1.19. The Kier molecular flexibility index (Phi) is 6.28. The molecule has 4 rings (SSSR count). The standard InChI is InChI=1S/C25H23N3O3S/c1-25(19-12-6-3-7-13-19)23(30)28(24(31)27-25)16-22(29)26-20-14-8-9-15-21(20)32-17-18-10-4-2-5-11-18/h2-15H,16-17H2,1H3,(H,26,29)(H,27,31)/t25-/m0/s1. The number of amides is 4. The van der Waals surface area contributed by atoms with Crippen molar-refractivity contribution in [1.29, 1.82) is 0 Å². The molecule has 0 unspecified atom stereocenters. The van der Waals surface area contributed by atoms with Gasteiger partial charge in [-0.15, -0.1) is 11.8 Å². The number of urea groups is 1. The summed E-state index contributed by atoms with van der Waals surface area (Å²) in [5, 5.41) is 5.57. The summed E-state index contributed by atoms with van der Waals surface area (Å²) in [6.07, 6.45) is 0. The number of thioether (sulfide) groups is 1. The van der Waals surface area contributed by atoms with Gasteiger partial charge in [0.1, 0.15) is 12.1 Å². The van der Waals surface area contributed by atoms with E-state index in [9.17, 15) is 14.4 Å². The van der Waals surface area contributed by atoms with Gasteiger partial charge in [0.25, 0.3) is 5.91 Å². The van der Waals surface area contributed by atoms with E-state index in [1.165, 1.54) is 5.56 Å². The summed E-state index contributed by atoms with van der Waals surface area (Å²) in [7, 11) is 0. The first-order valence-corrected chi connectivity index (χ1v) is 11.2. The Balaban J connectivity index is 1.43. The molecule has 1 heterocycles. The van der Waals surface area contributed by atoms with Crippen molar-refractivity contribution in [2.75, 3.05) is 11.9 Å². The lowest BCUT2D eigenvalue weighted by Gasteiger charge is -2.22. The summed E-state index contributed by atoms with van der Waals surface area (Å²) in [6.45, 7) is 1.29. The fourth-order valence-corrected chi connectivity index (χ4v) is 4.54. The SMILES string of the molecule is C[C@@]1(c2ccccc2)NC(=O)N(CC(=O)Nc2ccccc2SCc2ccccc2)C1=O. The number of nitrogens with zero attached hydrogens (tertiary/aromatic N) is 1. The molecule has 1 aliphatic rings. The van der Waals surface area contributed by atoms with Gasteiger partial charge in [-0.2, -0.15) is 0 Å². The van der Waals surface area contributed by atoms with Crippen molar-refractivity contribution in [3.8, 4) is 0 Å². The molecular formula is C25H23N3O3S. The molecule has 0 bridgehead atoms. The van der Waals surface area contributed by atoms with E-state index in [0.29, 0.717) is 11.3 Å². The lowest BCUT2D eigenvalue weighted by molar-refractivity contribution is -0.133. The second kappa shape index (κ2) is 9.28. The van der Waals surface area contributed by atoms with Crippen molar-refractivity contribution < 1.29 is 14.4 Å². The third kappa shape index (κ3) is 4.53. The number of benzene rings is 3. The zero-order chi connectivity index (χ0) is 22.6. The molecule has 7 heteroatoms. The van der Waals surface area contributed by atoms with E-state index in [1.54, 1.807) is 43.0 Å². The second-order valence-electron chi connectivity index (χ2n) is 7.63. The van der Waals surface area contributed by atoms with Crippen LogP contribution in [0.5, 0.6) is 0 Å². The summed E-state index contributed by atoms with van der Waals surface area (Å²) < 4.78 is 0. The predicted molar refractivity (Wildman–Crippen MR) is 125 cm³/mol. The number of carbonyl (C=O) groups is 3. The monoisotopic (exact) mass is 445 g/mol. The molecule has 162 valence electrons. The Labute approximate surface area is 191 Å². The van der Waals surface area contributed by atoms with Crippen LogP contribution in [0.2, 0.25) is 0 Å². The smallest absolute Gasteiger partial charge is 0.324 e. The van der Waals surface area contributed by atoms with Crippen molar-refractivity contribution in [1.82, 2.24) is 10.2 Å². The number of imide groups is 1. The number of rotatable bonds is 7. The first-order valence-electron chi connectivity index (χ1n) is 10.2. The van der Waals surface area contributed by atoms with E-state index < -0.39 is 23.4 Å². The van der Waals surface area contributed by atoms with Crippen LogP contribution in [0, 0.1) is 0 Å². The lowest BCUT2D eigenvalue weighted by Crippen LogP contribution is -2.42. The molecule has 0 aliphatic carbocycles. The fourth-order valence-electron chi connectivity index (χ4n) is 3.57. The van der Waals surface area contributed by atoms with Crippen LogP contribution in [0.15, 0.2) is 89.8 Å². The molecule has 0 radical (unpaired) electrons. The molecular weight excluding hydrogens is 422 g/mol. The van der Waals surface area contributed by atoms with Crippen molar-refractivity contribution in [3.63, 3.8) is 0 Å². The van der Waals surface area contributed by atoms with Crippen LogP contribution in [0.4, 0.5) is 10.5 Å². The Morgan fingerprint density at radius 3 is 2.28 bits per heavy atom. The van der Waals surface area contributed by atoms with Crippen LogP contribution in [-0.2, 0) is 20.9 Å². The highest BCUT2D eigenvalue weighted by molar-refractivity contribution is 7.98. The number of carbonyl (C=O) groups excluding carboxylic acids is 3. The molecule has 0 spiro atoms. The minimum Gasteiger partial charge on any atom is -0.324 e. The first-order chi connectivity index (χ1) is 15.5. The highest BCUT2D eigenvalue weighted by Crippen LogP contribution is 2.31. The van der Waals surface area contributed by atoms with Gasteiger partial charge < -0.3 is 10.6 Å². The molecule has 0 saturated carbocycles. The quantitative estimate of drug-likeness (QED) is 0.418. The number of hydrogen-bond donors (Lipinski definition) is 2. The first kappa shape index (κ1) is 21.6. The minimum absolute atomic E-state index is 0.356. The van der Waals surface area contributed by atoms with E-state index in [1.807, 2.05) is 48.5 Å². The Hall–Kier alpha value is -3.58. The molecule has 3 aromatic rings. The fraction of sp³-hybridized carbons (Fsp3) is 0.160. The maximum absolute atomic E-state index is 13.0. The highest BCUT2D eigenvalue weighted by Gasteiger charge is 2.49. The van der Waals surface area contributed by atoms with Gasteiger partial charge in [-0.1, -0.05) is 72.8 Å². The van der Waals surface area contributed by atoms with Crippen LogP contribution in [0.25, 0.3) is 0 Å². The predicted octanol–water partition coefficient (Wildman–Crippen LogP) is 4.38. The molecule has 4 amide bonds. The van der Waals surface area contributed by atoms with E-state index in [-0.39, 0.29) is 6.54 Å². The molecule has 3 aromatic carbocycles. The van der Waals surface area contributed by atoms with Crippen LogP contribution in [0.3, 0.4) is 0 Å². The van der Waals surface area contributed by atoms with E-state index in [0.717, 1.165) is 15.5 Å². The van der Waals surface area contributed by atoms with E-state index in [2.05, 4.69) is 22.8 Å². The van der Waals surface area contributed by atoms with Gasteiger partial charge >= 0.3 is 6.03 Å². The summed E-state index contributed by atoms with van der Waals surface area (Å²) in [5.74, 6) is -0.120. The maximum Gasteiger partial charge on any atom is 0.325 e. The number of hydrogen-bond acceptors (Lipinski definition) is 4. The van der Waals surface area contributed by atoms with Gasteiger partial charge in [-0.25, -0.2) is 4.79 Å². The van der Waals surface area contributed by atoms with Crippen molar-refractivity contribution in [2.45, 2.75) is 23.1 Å². The largest absolute Gasteiger partial charge is 0.325 e. The number of para-hydroxylation sites is 1. The molecule has 1 aliphatic heterocycles. The summed E-state index contributed by atoms with van der Waals surface area (Å²) in [6, 6.07) is 26.0. The number of nitrogens with one attached hydrogen (secondary N) is 2. The summed E-state index contributed by atoms with van der Waals surface area (Å²) in [5.41, 5.74) is 1.31. The molecule has 6 nitrogen and oxygen atoms in total. The van der Waals surface area contributed by atoms with Crippen LogP contribution in [0.1, 0.15) is 18.1 Å². The molecule has 1 atom stereocenters. The van der Waals surface area contributed by atoms with Crippen molar-refractivity contribution in [2.24, 2.45) is 0 Å².